The van der Waals surface area contributed by atoms with Gasteiger partial charge in [0, 0.05) is 20.8 Å². The summed E-state index contributed by atoms with van der Waals surface area (Å²) in [6, 6.07) is 13.8. The normalized spacial score (nSPS) is 10.6. The van der Waals surface area contributed by atoms with Gasteiger partial charge in [0.05, 0.1) is 5.75 Å². The van der Waals surface area contributed by atoms with Crippen LogP contribution >= 0.6 is 39.3 Å². The van der Waals surface area contributed by atoms with Crippen LogP contribution < -0.4 is 0 Å². The first-order chi connectivity index (χ1) is 9.54. The van der Waals surface area contributed by atoms with Gasteiger partial charge in [-0.25, -0.2) is 0 Å². The molecule has 0 radical (unpaired) electrons. The molecule has 0 spiro atoms. The van der Waals surface area contributed by atoms with Crippen molar-refractivity contribution in [3.05, 3.63) is 63.1 Å². The average Bonchev–Trinajstić information content (AvgIpc) is 2.41. The second-order valence-electron chi connectivity index (χ2n) is 4.55. The Balaban J connectivity index is 1.90. The summed E-state index contributed by atoms with van der Waals surface area (Å²) in [5.41, 5.74) is 2.10. The average molecular weight is 370 g/mol. The fourth-order valence-corrected chi connectivity index (χ4v) is 3.23. The minimum absolute atomic E-state index is 0.180. The molecule has 0 saturated carbocycles. The Morgan fingerprint density at radius 2 is 1.90 bits per heavy atom. The van der Waals surface area contributed by atoms with Crippen LogP contribution in [0.4, 0.5) is 0 Å². The van der Waals surface area contributed by atoms with Crippen LogP contribution in [0.1, 0.15) is 11.1 Å². The van der Waals surface area contributed by atoms with Gasteiger partial charge in [-0.1, -0.05) is 51.3 Å². The number of ketones is 1. The van der Waals surface area contributed by atoms with Crippen LogP contribution in [0.15, 0.2) is 51.8 Å². The first-order valence-corrected chi connectivity index (χ1v) is 8.35. The van der Waals surface area contributed by atoms with Crippen molar-refractivity contribution < 1.29 is 4.79 Å². The van der Waals surface area contributed by atoms with Gasteiger partial charge >= 0.3 is 0 Å². The predicted octanol–water partition coefficient (Wildman–Crippen LogP) is 5.31. The highest BCUT2D eigenvalue weighted by atomic mass is 79.9. The molecule has 104 valence electrons. The van der Waals surface area contributed by atoms with E-state index in [0.717, 1.165) is 14.9 Å². The summed E-state index contributed by atoms with van der Waals surface area (Å²) in [4.78, 5) is 13.1. The van der Waals surface area contributed by atoms with E-state index in [1.165, 1.54) is 5.56 Å². The number of rotatable bonds is 5. The molecule has 0 aliphatic heterocycles. The highest BCUT2D eigenvalue weighted by Crippen LogP contribution is 2.23. The van der Waals surface area contributed by atoms with E-state index in [1.54, 1.807) is 11.8 Å². The zero-order valence-electron chi connectivity index (χ0n) is 11.0. The smallest absolute Gasteiger partial charge is 0.147 e. The molecule has 0 atom stereocenters. The number of benzene rings is 2. The molecule has 0 aromatic heterocycles. The Hall–Kier alpha value is -0.770. The van der Waals surface area contributed by atoms with Crippen LogP contribution in [-0.4, -0.2) is 11.5 Å². The van der Waals surface area contributed by atoms with Crippen molar-refractivity contribution in [2.45, 2.75) is 18.2 Å². The standard InChI is InChI=1S/C16H14BrClOS/c1-11-2-6-15(7-3-11)20-10-14(19)8-12-4-5-13(17)9-16(12)18/h2-7,9H,8,10H2,1H3. The minimum atomic E-state index is 0.180. The summed E-state index contributed by atoms with van der Waals surface area (Å²) in [5.74, 6) is 0.648. The van der Waals surface area contributed by atoms with Gasteiger partial charge in [0.1, 0.15) is 5.78 Å². The Morgan fingerprint density at radius 1 is 1.20 bits per heavy atom. The Labute approximate surface area is 136 Å². The predicted molar refractivity (Wildman–Crippen MR) is 89.8 cm³/mol. The first-order valence-electron chi connectivity index (χ1n) is 6.19. The maximum Gasteiger partial charge on any atom is 0.147 e. The maximum absolute atomic E-state index is 12.0. The second kappa shape index (κ2) is 7.30. The molecule has 2 aromatic carbocycles. The number of thioether (sulfide) groups is 1. The Kier molecular flexibility index (Phi) is 5.70. The molecule has 0 amide bonds. The molecular formula is C16H14BrClOS. The van der Waals surface area contributed by atoms with E-state index >= 15 is 0 Å². The Morgan fingerprint density at radius 3 is 2.55 bits per heavy atom. The van der Waals surface area contributed by atoms with Crippen molar-refractivity contribution in [3.8, 4) is 0 Å². The second-order valence-corrected chi connectivity index (χ2v) is 6.92. The molecule has 0 N–H and O–H groups in total. The number of carbonyl (C=O) groups is 1. The van der Waals surface area contributed by atoms with E-state index in [4.69, 9.17) is 11.6 Å². The quantitative estimate of drug-likeness (QED) is 0.664. The van der Waals surface area contributed by atoms with Crippen LogP contribution in [0, 0.1) is 6.92 Å². The van der Waals surface area contributed by atoms with E-state index in [-0.39, 0.29) is 5.78 Å². The molecule has 0 saturated heterocycles. The zero-order valence-corrected chi connectivity index (χ0v) is 14.2. The highest BCUT2D eigenvalue weighted by Gasteiger charge is 2.08. The SMILES string of the molecule is Cc1ccc(SCC(=O)Cc2ccc(Br)cc2Cl)cc1. The number of halogens is 2. The molecular weight excluding hydrogens is 356 g/mol. The molecule has 0 aliphatic carbocycles. The van der Waals surface area contributed by atoms with Crippen molar-refractivity contribution >= 4 is 45.1 Å². The van der Waals surface area contributed by atoms with Gasteiger partial charge in [0.25, 0.3) is 0 Å². The summed E-state index contributed by atoms with van der Waals surface area (Å²) in [5, 5.41) is 0.632. The van der Waals surface area contributed by atoms with Crippen molar-refractivity contribution in [2.24, 2.45) is 0 Å². The van der Waals surface area contributed by atoms with Crippen LogP contribution in [0.5, 0.6) is 0 Å². The molecule has 0 aliphatic rings. The molecule has 20 heavy (non-hydrogen) atoms. The van der Waals surface area contributed by atoms with Crippen molar-refractivity contribution in [3.63, 3.8) is 0 Å². The molecule has 0 heterocycles. The lowest BCUT2D eigenvalue weighted by Gasteiger charge is -2.05. The van der Waals surface area contributed by atoms with Gasteiger partial charge in [-0.2, -0.15) is 0 Å². The highest BCUT2D eigenvalue weighted by molar-refractivity contribution is 9.10. The number of hydrogen-bond acceptors (Lipinski definition) is 2. The largest absolute Gasteiger partial charge is 0.298 e. The fourth-order valence-electron chi connectivity index (χ4n) is 1.73. The van der Waals surface area contributed by atoms with Gasteiger partial charge in [0.15, 0.2) is 0 Å². The third kappa shape index (κ3) is 4.65. The summed E-state index contributed by atoms with van der Waals surface area (Å²) >= 11 is 11.0. The lowest BCUT2D eigenvalue weighted by Crippen LogP contribution is -2.06. The zero-order chi connectivity index (χ0) is 14.5. The van der Waals surface area contributed by atoms with E-state index in [1.807, 2.05) is 30.3 Å². The summed E-state index contributed by atoms with van der Waals surface area (Å²) in [6.07, 6.45) is 0.380. The van der Waals surface area contributed by atoms with E-state index < -0.39 is 0 Å². The molecule has 4 heteroatoms. The minimum Gasteiger partial charge on any atom is -0.298 e. The van der Waals surface area contributed by atoms with Gasteiger partial charge in [0.2, 0.25) is 0 Å². The number of aryl methyl sites for hydroxylation is 1. The summed E-state index contributed by atoms with van der Waals surface area (Å²) in [7, 11) is 0. The van der Waals surface area contributed by atoms with Crippen LogP contribution in [0.3, 0.4) is 0 Å². The molecule has 2 rings (SSSR count). The lowest BCUT2D eigenvalue weighted by molar-refractivity contribution is -0.116. The molecule has 0 fully saturated rings. The van der Waals surface area contributed by atoms with E-state index in [2.05, 4.69) is 35.0 Å². The first kappa shape index (κ1) is 15.6. The monoisotopic (exact) mass is 368 g/mol. The molecule has 0 unspecified atom stereocenters. The lowest BCUT2D eigenvalue weighted by atomic mass is 10.1. The van der Waals surface area contributed by atoms with Crippen LogP contribution in [0.25, 0.3) is 0 Å². The summed E-state index contributed by atoms with van der Waals surface area (Å²) in [6.45, 7) is 2.05. The van der Waals surface area contributed by atoms with Gasteiger partial charge in [-0.15, -0.1) is 11.8 Å². The van der Waals surface area contributed by atoms with Crippen molar-refractivity contribution in [1.29, 1.82) is 0 Å². The number of carbonyl (C=O) groups excluding carboxylic acids is 1. The topological polar surface area (TPSA) is 17.1 Å². The number of hydrogen-bond donors (Lipinski definition) is 0. The number of Topliss-reactive ketones (excluding diaryl/α,β-unsaturated/α-hetero) is 1. The van der Waals surface area contributed by atoms with Crippen molar-refractivity contribution in [2.75, 3.05) is 5.75 Å². The molecule has 0 bridgehead atoms. The third-order valence-corrected chi connectivity index (χ3v) is 4.74. The Bertz CT molecular complexity index is 610. The van der Waals surface area contributed by atoms with Gasteiger partial charge in [-0.3, -0.25) is 4.79 Å². The van der Waals surface area contributed by atoms with Crippen LogP contribution in [0.2, 0.25) is 5.02 Å². The maximum atomic E-state index is 12.0. The van der Waals surface area contributed by atoms with Gasteiger partial charge in [-0.05, 0) is 36.8 Å². The van der Waals surface area contributed by atoms with Crippen molar-refractivity contribution in [1.82, 2.24) is 0 Å². The van der Waals surface area contributed by atoms with Crippen LogP contribution in [-0.2, 0) is 11.2 Å². The van der Waals surface area contributed by atoms with E-state index in [9.17, 15) is 4.79 Å². The van der Waals surface area contributed by atoms with E-state index in [0.29, 0.717) is 17.2 Å². The summed E-state index contributed by atoms with van der Waals surface area (Å²) < 4.78 is 0.924. The molecule has 2 aromatic rings. The third-order valence-electron chi connectivity index (χ3n) is 2.82. The molecule has 1 nitrogen and oxygen atoms in total. The fraction of sp³-hybridized carbons (Fsp3) is 0.188. The van der Waals surface area contributed by atoms with Gasteiger partial charge < -0.3 is 0 Å².